The summed E-state index contributed by atoms with van der Waals surface area (Å²) in [6.45, 7) is 4.31. The average molecular weight is 426 g/mol. The van der Waals surface area contributed by atoms with Gasteiger partial charge in [-0.2, -0.15) is 0 Å². The summed E-state index contributed by atoms with van der Waals surface area (Å²) < 4.78 is 0. The molecule has 5 atom stereocenters. The predicted molar refractivity (Wildman–Crippen MR) is 106 cm³/mol. The van der Waals surface area contributed by atoms with E-state index >= 15 is 0 Å². The minimum Gasteiger partial charge on any atom is -0.480 e. The van der Waals surface area contributed by atoms with Gasteiger partial charge in [-0.15, -0.1) is 0 Å². The van der Waals surface area contributed by atoms with Gasteiger partial charge in [-0.1, -0.05) is 20.3 Å². The number of aliphatic carboxylic acids is 1. The first-order valence-corrected chi connectivity index (χ1v) is 9.58. The van der Waals surface area contributed by atoms with Crippen LogP contribution in [-0.4, -0.2) is 74.6 Å². The zero-order chi connectivity index (χ0) is 22.8. The third-order valence-electron chi connectivity index (χ3n) is 4.67. The number of carboxylic acid groups (broad SMARTS) is 1. The van der Waals surface area contributed by atoms with Crippen molar-refractivity contribution in [1.29, 1.82) is 0 Å². The van der Waals surface area contributed by atoms with E-state index < -0.39 is 54.5 Å². The number of rotatable bonds is 12. The van der Waals surface area contributed by atoms with Crippen molar-refractivity contribution in [3.63, 3.8) is 0 Å². The molecule has 1 aromatic rings. The zero-order valence-electron chi connectivity index (χ0n) is 17.2. The van der Waals surface area contributed by atoms with Crippen LogP contribution < -0.4 is 21.7 Å². The Morgan fingerprint density at radius 1 is 1.13 bits per heavy atom. The highest BCUT2D eigenvalue weighted by Gasteiger charge is 2.31. The molecule has 168 valence electrons. The molecule has 8 N–H and O–H groups in total. The molecule has 5 unspecified atom stereocenters. The second-order valence-electron chi connectivity index (χ2n) is 7.07. The number of aliphatic hydroxyl groups excluding tert-OH is 1. The minimum atomic E-state index is -1.18. The maximum absolute atomic E-state index is 12.8. The SMILES string of the molecule is CCC(C)C(NC(=O)C(Cc1cnc[nH]1)NC(=O)C(C)NC(=O)C(N)CO)C(=O)O. The number of H-pyrrole nitrogens is 1. The van der Waals surface area contributed by atoms with Gasteiger partial charge in [-0.25, -0.2) is 9.78 Å². The monoisotopic (exact) mass is 426 g/mol. The van der Waals surface area contributed by atoms with Crippen molar-refractivity contribution in [2.45, 2.75) is 57.8 Å². The van der Waals surface area contributed by atoms with Gasteiger partial charge < -0.3 is 36.9 Å². The standard InChI is InChI=1S/C18H30N6O6/c1-4-9(2)14(18(29)30)24-17(28)13(5-11-6-20-8-21-11)23-15(26)10(3)22-16(27)12(19)7-25/h6,8-10,12-14,25H,4-5,7,19H2,1-3H3,(H,20,21)(H,22,27)(H,23,26)(H,24,28)(H,29,30). The molecule has 0 saturated carbocycles. The van der Waals surface area contributed by atoms with Crippen molar-refractivity contribution in [2.75, 3.05) is 6.61 Å². The first-order chi connectivity index (χ1) is 14.1. The molecule has 1 aromatic heterocycles. The number of imidazole rings is 1. The number of hydrogen-bond donors (Lipinski definition) is 7. The molecule has 0 spiro atoms. The number of carbonyl (C=O) groups excluding carboxylic acids is 3. The summed E-state index contributed by atoms with van der Waals surface area (Å²) in [7, 11) is 0. The summed E-state index contributed by atoms with van der Waals surface area (Å²) in [5.41, 5.74) is 5.95. The van der Waals surface area contributed by atoms with Gasteiger partial charge in [0.05, 0.1) is 12.9 Å². The summed E-state index contributed by atoms with van der Waals surface area (Å²) in [5.74, 6) is -3.59. The lowest BCUT2D eigenvalue weighted by Gasteiger charge is -2.25. The van der Waals surface area contributed by atoms with Crippen LogP contribution in [0.15, 0.2) is 12.5 Å². The molecule has 0 fully saturated rings. The van der Waals surface area contributed by atoms with Crippen molar-refractivity contribution in [1.82, 2.24) is 25.9 Å². The van der Waals surface area contributed by atoms with E-state index in [9.17, 15) is 24.3 Å². The van der Waals surface area contributed by atoms with Gasteiger partial charge in [0.1, 0.15) is 24.2 Å². The van der Waals surface area contributed by atoms with Crippen LogP contribution in [0.4, 0.5) is 0 Å². The second-order valence-corrected chi connectivity index (χ2v) is 7.07. The molecule has 0 aliphatic carbocycles. The third kappa shape index (κ3) is 7.44. The van der Waals surface area contributed by atoms with Crippen molar-refractivity contribution >= 4 is 23.7 Å². The maximum Gasteiger partial charge on any atom is 0.326 e. The van der Waals surface area contributed by atoms with E-state index in [4.69, 9.17) is 10.8 Å². The lowest BCUT2D eigenvalue weighted by atomic mass is 9.98. The summed E-state index contributed by atoms with van der Waals surface area (Å²) in [6, 6.07) is -4.47. The Morgan fingerprint density at radius 3 is 2.30 bits per heavy atom. The van der Waals surface area contributed by atoms with E-state index in [0.29, 0.717) is 12.1 Å². The summed E-state index contributed by atoms with van der Waals surface area (Å²) in [5, 5.41) is 25.6. The van der Waals surface area contributed by atoms with E-state index in [-0.39, 0.29) is 12.3 Å². The molecule has 1 rings (SSSR count). The Bertz CT molecular complexity index is 725. The lowest BCUT2D eigenvalue weighted by Crippen LogP contribution is -2.57. The summed E-state index contributed by atoms with van der Waals surface area (Å²) in [4.78, 5) is 55.2. The molecule has 12 heteroatoms. The largest absolute Gasteiger partial charge is 0.480 e. The first kappa shape index (κ1) is 25.0. The van der Waals surface area contributed by atoms with Gasteiger partial charge in [-0.05, 0) is 12.8 Å². The zero-order valence-corrected chi connectivity index (χ0v) is 17.2. The first-order valence-electron chi connectivity index (χ1n) is 9.58. The molecule has 0 bridgehead atoms. The van der Waals surface area contributed by atoms with Gasteiger partial charge >= 0.3 is 5.97 Å². The number of aromatic nitrogens is 2. The van der Waals surface area contributed by atoms with Crippen molar-refractivity contribution < 1.29 is 29.4 Å². The molecule has 0 saturated heterocycles. The molecule has 0 aliphatic rings. The van der Waals surface area contributed by atoms with Crippen LogP contribution in [0.2, 0.25) is 0 Å². The molecule has 12 nitrogen and oxygen atoms in total. The Kier molecular flexibility index (Phi) is 9.92. The average Bonchev–Trinajstić information content (AvgIpc) is 3.22. The Hall–Kier alpha value is -2.99. The fourth-order valence-electron chi connectivity index (χ4n) is 2.53. The smallest absolute Gasteiger partial charge is 0.326 e. The normalized spacial score (nSPS) is 15.9. The quantitative estimate of drug-likeness (QED) is 0.196. The highest BCUT2D eigenvalue weighted by atomic mass is 16.4. The molecular formula is C18H30N6O6. The number of aliphatic hydroxyl groups is 1. The van der Waals surface area contributed by atoms with Crippen LogP contribution in [0.1, 0.15) is 32.9 Å². The molecule has 1 heterocycles. The molecule has 0 aliphatic heterocycles. The van der Waals surface area contributed by atoms with E-state index in [1.54, 1.807) is 13.8 Å². The number of amides is 3. The number of carboxylic acids is 1. The van der Waals surface area contributed by atoms with Gasteiger partial charge in [0.15, 0.2) is 0 Å². The van der Waals surface area contributed by atoms with E-state index in [1.807, 2.05) is 0 Å². The van der Waals surface area contributed by atoms with Crippen molar-refractivity contribution in [2.24, 2.45) is 11.7 Å². The third-order valence-corrected chi connectivity index (χ3v) is 4.67. The Labute approximate surface area is 174 Å². The van der Waals surface area contributed by atoms with Gasteiger partial charge in [0.2, 0.25) is 17.7 Å². The highest BCUT2D eigenvalue weighted by Crippen LogP contribution is 2.09. The van der Waals surface area contributed by atoms with Crippen LogP contribution in [-0.2, 0) is 25.6 Å². The van der Waals surface area contributed by atoms with Crippen LogP contribution in [0.3, 0.4) is 0 Å². The summed E-state index contributed by atoms with van der Waals surface area (Å²) >= 11 is 0. The fourth-order valence-corrected chi connectivity index (χ4v) is 2.53. The van der Waals surface area contributed by atoms with Crippen molar-refractivity contribution in [3.8, 4) is 0 Å². The van der Waals surface area contributed by atoms with E-state index in [2.05, 4.69) is 25.9 Å². The molecule has 3 amide bonds. The van der Waals surface area contributed by atoms with Gasteiger partial charge in [-0.3, -0.25) is 14.4 Å². The van der Waals surface area contributed by atoms with Crippen molar-refractivity contribution in [3.05, 3.63) is 18.2 Å². The molecular weight excluding hydrogens is 396 g/mol. The van der Waals surface area contributed by atoms with Crippen LogP contribution in [0.5, 0.6) is 0 Å². The van der Waals surface area contributed by atoms with Gasteiger partial charge in [0, 0.05) is 18.3 Å². The van der Waals surface area contributed by atoms with Crippen LogP contribution >= 0.6 is 0 Å². The Balaban J connectivity index is 2.91. The van der Waals surface area contributed by atoms with Crippen LogP contribution in [0.25, 0.3) is 0 Å². The number of hydrogen-bond acceptors (Lipinski definition) is 7. The number of nitrogens with zero attached hydrogens (tertiary/aromatic N) is 1. The van der Waals surface area contributed by atoms with Crippen LogP contribution in [0, 0.1) is 5.92 Å². The second kappa shape index (κ2) is 11.9. The highest BCUT2D eigenvalue weighted by molar-refractivity contribution is 5.94. The van der Waals surface area contributed by atoms with Gasteiger partial charge in [0.25, 0.3) is 0 Å². The summed E-state index contributed by atoms with van der Waals surface area (Å²) in [6.07, 6.45) is 3.44. The number of carbonyl (C=O) groups is 4. The molecule has 30 heavy (non-hydrogen) atoms. The number of aromatic amines is 1. The number of nitrogens with two attached hydrogens (primary N) is 1. The van der Waals surface area contributed by atoms with E-state index in [1.165, 1.54) is 19.4 Å². The topological polar surface area (TPSA) is 200 Å². The lowest BCUT2D eigenvalue weighted by molar-refractivity contribution is -0.143. The van der Waals surface area contributed by atoms with E-state index in [0.717, 1.165) is 0 Å². The fraction of sp³-hybridized carbons (Fsp3) is 0.611. The minimum absolute atomic E-state index is 0.0290. The maximum atomic E-state index is 12.8. The Morgan fingerprint density at radius 2 is 1.80 bits per heavy atom. The predicted octanol–water partition coefficient (Wildman–Crippen LogP) is -2.12. The number of nitrogens with one attached hydrogen (secondary N) is 4. The molecule has 0 radical (unpaired) electrons. The molecule has 0 aromatic carbocycles.